The summed E-state index contributed by atoms with van der Waals surface area (Å²) in [5.41, 5.74) is 8.15. The zero-order chi connectivity index (χ0) is 11.4. The summed E-state index contributed by atoms with van der Waals surface area (Å²) in [7, 11) is 1.69. The Labute approximate surface area is 97.2 Å². The highest BCUT2D eigenvalue weighted by Gasteiger charge is 2.13. The molecule has 0 aromatic heterocycles. The highest BCUT2D eigenvalue weighted by molar-refractivity contribution is 5.37. The van der Waals surface area contributed by atoms with Gasteiger partial charge in [-0.25, -0.2) is 0 Å². The smallest absolute Gasteiger partial charge is 0.123 e. The molecule has 3 nitrogen and oxygen atoms in total. The van der Waals surface area contributed by atoms with Gasteiger partial charge >= 0.3 is 0 Å². The molecule has 16 heavy (non-hydrogen) atoms. The van der Waals surface area contributed by atoms with Crippen molar-refractivity contribution >= 4 is 0 Å². The fourth-order valence-corrected chi connectivity index (χ4v) is 2.04. The van der Waals surface area contributed by atoms with Crippen molar-refractivity contribution in [2.24, 2.45) is 5.73 Å². The lowest BCUT2D eigenvalue weighted by atomic mass is 10.1. The molecule has 0 bridgehead atoms. The Hall–Kier alpha value is -1.06. The molecule has 1 aromatic carbocycles. The third-order valence-electron chi connectivity index (χ3n) is 3.23. The zero-order valence-electron chi connectivity index (χ0n) is 9.91. The third kappa shape index (κ3) is 2.54. The average molecular weight is 220 g/mol. The van der Waals surface area contributed by atoms with Gasteiger partial charge in [0.15, 0.2) is 0 Å². The van der Waals surface area contributed by atoms with Gasteiger partial charge in [-0.2, -0.15) is 0 Å². The minimum Gasteiger partial charge on any atom is -0.496 e. The Balaban J connectivity index is 1.97. The molecular weight excluding hydrogens is 200 g/mol. The highest BCUT2D eigenvalue weighted by Crippen LogP contribution is 2.20. The highest BCUT2D eigenvalue weighted by atomic mass is 16.5. The second-order valence-corrected chi connectivity index (χ2v) is 4.30. The van der Waals surface area contributed by atoms with Crippen molar-refractivity contribution in [3.05, 3.63) is 29.3 Å². The van der Waals surface area contributed by atoms with Crippen LogP contribution in [0.3, 0.4) is 0 Å². The summed E-state index contributed by atoms with van der Waals surface area (Å²) in [4.78, 5) is 2.48. The normalized spacial score (nSPS) is 15.9. The number of rotatable bonds is 5. The van der Waals surface area contributed by atoms with Crippen LogP contribution in [0.2, 0.25) is 0 Å². The van der Waals surface area contributed by atoms with E-state index in [1.165, 1.54) is 25.1 Å². The molecular formula is C13H20N2O. The summed E-state index contributed by atoms with van der Waals surface area (Å²) in [6.07, 6.45) is 2.47. The van der Waals surface area contributed by atoms with Gasteiger partial charge in [0.05, 0.1) is 7.11 Å². The Bertz CT molecular complexity index is 348. The zero-order valence-corrected chi connectivity index (χ0v) is 9.91. The minimum absolute atomic E-state index is 0.542. The van der Waals surface area contributed by atoms with Crippen LogP contribution in [0.1, 0.15) is 17.5 Å². The van der Waals surface area contributed by atoms with Gasteiger partial charge in [0.25, 0.3) is 0 Å². The molecule has 0 atom stereocenters. The molecule has 1 fully saturated rings. The van der Waals surface area contributed by atoms with Crippen LogP contribution in [0.15, 0.2) is 18.2 Å². The van der Waals surface area contributed by atoms with Crippen LogP contribution in [-0.4, -0.2) is 31.6 Å². The Morgan fingerprint density at radius 2 is 2.19 bits per heavy atom. The molecule has 0 saturated carbocycles. The lowest BCUT2D eigenvalue weighted by Gasteiger charge is -2.30. The van der Waals surface area contributed by atoms with Crippen LogP contribution < -0.4 is 10.5 Å². The van der Waals surface area contributed by atoms with Crippen molar-refractivity contribution < 1.29 is 4.74 Å². The van der Waals surface area contributed by atoms with E-state index in [-0.39, 0.29) is 0 Å². The molecule has 1 saturated heterocycles. The monoisotopic (exact) mass is 220 g/mol. The Morgan fingerprint density at radius 1 is 1.38 bits per heavy atom. The molecule has 1 heterocycles. The van der Waals surface area contributed by atoms with Crippen molar-refractivity contribution in [1.29, 1.82) is 0 Å². The van der Waals surface area contributed by atoms with E-state index in [0.29, 0.717) is 6.54 Å². The van der Waals surface area contributed by atoms with Crippen LogP contribution >= 0.6 is 0 Å². The van der Waals surface area contributed by atoms with Crippen molar-refractivity contribution in [2.75, 3.05) is 26.7 Å². The summed E-state index contributed by atoms with van der Waals surface area (Å²) in [5.74, 6) is 0.898. The molecule has 0 spiro atoms. The molecule has 1 aromatic rings. The molecule has 0 radical (unpaired) electrons. The van der Waals surface area contributed by atoms with Crippen molar-refractivity contribution in [1.82, 2.24) is 4.90 Å². The number of hydrogen-bond donors (Lipinski definition) is 1. The second kappa shape index (κ2) is 5.32. The van der Waals surface area contributed by atoms with E-state index in [2.05, 4.69) is 17.0 Å². The maximum atomic E-state index is 5.70. The topological polar surface area (TPSA) is 38.5 Å². The lowest BCUT2D eigenvalue weighted by Crippen LogP contribution is -2.38. The van der Waals surface area contributed by atoms with E-state index in [1.54, 1.807) is 7.11 Å². The van der Waals surface area contributed by atoms with E-state index >= 15 is 0 Å². The summed E-state index contributed by atoms with van der Waals surface area (Å²) in [6.45, 7) is 4.23. The third-order valence-corrected chi connectivity index (χ3v) is 3.23. The number of ether oxygens (including phenoxy) is 1. The van der Waals surface area contributed by atoms with Gasteiger partial charge in [0.2, 0.25) is 0 Å². The maximum absolute atomic E-state index is 5.70. The van der Waals surface area contributed by atoms with Gasteiger partial charge in [0, 0.05) is 18.7 Å². The number of methoxy groups -OCH3 is 1. The fraction of sp³-hybridized carbons (Fsp3) is 0.538. The molecule has 2 N–H and O–H groups in total. The molecule has 0 amide bonds. The van der Waals surface area contributed by atoms with Gasteiger partial charge in [-0.3, -0.25) is 0 Å². The minimum atomic E-state index is 0.542. The van der Waals surface area contributed by atoms with Gasteiger partial charge in [-0.05, 0) is 37.6 Å². The largest absolute Gasteiger partial charge is 0.496 e. The predicted octanol–water partition coefficient (Wildman–Crippen LogP) is 1.40. The summed E-state index contributed by atoms with van der Waals surface area (Å²) >= 11 is 0. The SMILES string of the molecule is COc1ccc(CCN2CCC2)cc1CN. The number of nitrogens with two attached hydrogens (primary N) is 1. The van der Waals surface area contributed by atoms with E-state index < -0.39 is 0 Å². The van der Waals surface area contributed by atoms with E-state index in [9.17, 15) is 0 Å². The standard InChI is InChI=1S/C13H20N2O/c1-16-13-4-3-11(9-12(13)10-14)5-8-15-6-2-7-15/h3-4,9H,2,5-8,10,14H2,1H3. The first-order chi connectivity index (χ1) is 7.83. The molecule has 1 aliphatic heterocycles. The number of benzene rings is 1. The van der Waals surface area contributed by atoms with Crippen molar-refractivity contribution in [3.8, 4) is 5.75 Å². The van der Waals surface area contributed by atoms with Crippen LogP contribution in [0, 0.1) is 0 Å². The summed E-state index contributed by atoms with van der Waals surface area (Å²) in [6, 6.07) is 6.32. The van der Waals surface area contributed by atoms with Crippen molar-refractivity contribution in [3.63, 3.8) is 0 Å². The number of likely N-dealkylation sites (tertiary alicyclic amines) is 1. The van der Waals surface area contributed by atoms with E-state index in [0.717, 1.165) is 24.3 Å². The Kier molecular flexibility index (Phi) is 3.80. The quantitative estimate of drug-likeness (QED) is 0.815. The van der Waals surface area contributed by atoms with Crippen LogP contribution in [0.5, 0.6) is 5.75 Å². The number of hydrogen-bond acceptors (Lipinski definition) is 3. The van der Waals surface area contributed by atoms with E-state index in [4.69, 9.17) is 10.5 Å². The van der Waals surface area contributed by atoms with Crippen LogP contribution in [0.25, 0.3) is 0 Å². The first-order valence-corrected chi connectivity index (χ1v) is 5.91. The Morgan fingerprint density at radius 3 is 2.75 bits per heavy atom. The fourth-order valence-electron chi connectivity index (χ4n) is 2.04. The lowest BCUT2D eigenvalue weighted by molar-refractivity contribution is 0.184. The molecule has 0 aliphatic carbocycles. The maximum Gasteiger partial charge on any atom is 0.123 e. The predicted molar refractivity (Wildman–Crippen MR) is 65.6 cm³/mol. The molecule has 0 unspecified atom stereocenters. The van der Waals surface area contributed by atoms with Gasteiger partial charge in [0.1, 0.15) is 5.75 Å². The van der Waals surface area contributed by atoms with Gasteiger partial charge in [-0.1, -0.05) is 12.1 Å². The number of nitrogens with zero attached hydrogens (tertiary/aromatic N) is 1. The molecule has 3 heteroatoms. The molecule has 1 aliphatic rings. The summed E-state index contributed by atoms with van der Waals surface area (Å²) < 4.78 is 5.26. The first kappa shape index (κ1) is 11.4. The van der Waals surface area contributed by atoms with E-state index in [1.807, 2.05) is 6.07 Å². The van der Waals surface area contributed by atoms with Crippen molar-refractivity contribution in [2.45, 2.75) is 19.4 Å². The average Bonchev–Trinajstić information content (AvgIpc) is 2.26. The summed E-state index contributed by atoms with van der Waals surface area (Å²) in [5, 5.41) is 0. The van der Waals surface area contributed by atoms with Gasteiger partial charge < -0.3 is 15.4 Å². The van der Waals surface area contributed by atoms with Crippen LogP contribution in [-0.2, 0) is 13.0 Å². The van der Waals surface area contributed by atoms with Crippen LogP contribution in [0.4, 0.5) is 0 Å². The first-order valence-electron chi connectivity index (χ1n) is 5.91. The molecule has 88 valence electrons. The second-order valence-electron chi connectivity index (χ2n) is 4.30. The van der Waals surface area contributed by atoms with Gasteiger partial charge in [-0.15, -0.1) is 0 Å². The molecule has 2 rings (SSSR count).